The van der Waals surface area contributed by atoms with Crippen LogP contribution in [0.25, 0.3) is 0 Å². The van der Waals surface area contributed by atoms with E-state index in [0.29, 0.717) is 24.3 Å². The second-order valence-corrected chi connectivity index (χ2v) is 7.51. The van der Waals surface area contributed by atoms with Crippen molar-refractivity contribution in [3.05, 3.63) is 53.6 Å². The Morgan fingerprint density at radius 2 is 1.55 bits per heavy atom. The van der Waals surface area contributed by atoms with Gasteiger partial charge in [-0.05, 0) is 75.4 Å². The summed E-state index contributed by atoms with van der Waals surface area (Å²) in [5.74, 6) is 2.33. The van der Waals surface area contributed by atoms with Crippen LogP contribution in [0, 0.1) is 0 Å². The molecular weight excluding hydrogens is 366 g/mol. The minimum absolute atomic E-state index is 0.0629. The summed E-state index contributed by atoms with van der Waals surface area (Å²) in [6.45, 7) is 6.08. The molecule has 2 rings (SSSR count). The van der Waals surface area contributed by atoms with Crippen LogP contribution in [0.5, 0.6) is 17.2 Å². The minimum Gasteiger partial charge on any atom is -0.493 e. The van der Waals surface area contributed by atoms with Gasteiger partial charge in [0, 0.05) is 12.5 Å². The van der Waals surface area contributed by atoms with Gasteiger partial charge in [0.05, 0.1) is 20.3 Å². The lowest BCUT2D eigenvalue weighted by atomic mass is 10.1. The molecule has 5 nitrogen and oxygen atoms in total. The second kappa shape index (κ2) is 11.3. The first-order chi connectivity index (χ1) is 13.9. The monoisotopic (exact) mass is 399 g/mol. The Morgan fingerprint density at radius 3 is 2.17 bits per heavy atom. The van der Waals surface area contributed by atoms with Gasteiger partial charge in [0.25, 0.3) is 0 Å². The Morgan fingerprint density at radius 1 is 0.897 bits per heavy atom. The predicted molar refractivity (Wildman–Crippen MR) is 116 cm³/mol. The van der Waals surface area contributed by atoms with E-state index in [-0.39, 0.29) is 18.1 Å². The third-order valence-electron chi connectivity index (χ3n) is 4.66. The topological polar surface area (TPSA) is 56.8 Å². The highest BCUT2D eigenvalue weighted by Gasteiger charge is 2.10. The van der Waals surface area contributed by atoms with Crippen LogP contribution in [0.4, 0.5) is 0 Å². The smallest absolute Gasteiger partial charge is 0.220 e. The number of amides is 1. The van der Waals surface area contributed by atoms with Crippen molar-refractivity contribution in [3.63, 3.8) is 0 Å². The molecular formula is C24H33NO4. The first-order valence-corrected chi connectivity index (χ1v) is 10.2. The molecule has 0 heterocycles. The van der Waals surface area contributed by atoms with Crippen molar-refractivity contribution >= 4 is 5.91 Å². The van der Waals surface area contributed by atoms with Gasteiger partial charge in [0.15, 0.2) is 11.5 Å². The molecule has 1 amide bonds. The number of methoxy groups -OCH3 is 2. The molecule has 0 radical (unpaired) electrons. The molecule has 1 atom stereocenters. The molecule has 158 valence electrons. The van der Waals surface area contributed by atoms with Crippen molar-refractivity contribution in [2.75, 3.05) is 14.2 Å². The van der Waals surface area contributed by atoms with Crippen molar-refractivity contribution in [2.24, 2.45) is 0 Å². The largest absolute Gasteiger partial charge is 0.493 e. The van der Waals surface area contributed by atoms with Crippen LogP contribution in [0.1, 0.15) is 44.7 Å². The fourth-order valence-electron chi connectivity index (χ4n) is 3.10. The zero-order chi connectivity index (χ0) is 21.2. The number of hydrogen-bond acceptors (Lipinski definition) is 4. The van der Waals surface area contributed by atoms with Crippen molar-refractivity contribution in [3.8, 4) is 17.2 Å². The predicted octanol–water partition coefficient (Wildman–Crippen LogP) is 4.56. The summed E-state index contributed by atoms with van der Waals surface area (Å²) in [4.78, 5) is 12.3. The van der Waals surface area contributed by atoms with Crippen molar-refractivity contribution in [1.82, 2.24) is 5.32 Å². The SMILES string of the molecule is COc1ccc(CCC(=O)NC(C)CCc2ccc(OC(C)C)cc2)cc1OC. The van der Waals surface area contributed by atoms with Gasteiger partial charge in [0.2, 0.25) is 5.91 Å². The Bertz CT molecular complexity index is 771. The van der Waals surface area contributed by atoms with Crippen LogP contribution >= 0.6 is 0 Å². The maximum absolute atomic E-state index is 12.3. The third-order valence-corrected chi connectivity index (χ3v) is 4.66. The zero-order valence-corrected chi connectivity index (χ0v) is 18.2. The van der Waals surface area contributed by atoms with E-state index in [9.17, 15) is 4.79 Å². The van der Waals surface area contributed by atoms with Crippen LogP contribution in [-0.4, -0.2) is 32.3 Å². The van der Waals surface area contributed by atoms with E-state index in [1.54, 1.807) is 14.2 Å². The summed E-state index contributed by atoms with van der Waals surface area (Å²) < 4.78 is 16.2. The van der Waals surface area contributed by atoms with Gasteiger partial charge in [-0.2, -0.15) is 0 Å². The first kappa shape index (κ1) is 22.6. The van der Waals surface area contributed by atoms with Crippen molar-refractivity contribution < 1.29 is 19.0 Å². The van der Waals surface area contributed by atoms with E-state index in [4.69, 9.17) is 14.2 Å². The number of benzene rings is 2. The fraction of sp³-hybridized carbons (Fsp3) is 0.458. The average molecular weight is 400 g/mol. The lowest BCUT2D eigenvalue weighted by Gasteiger charge is -2.15. The van der Waals surface area contributed by atoms with Crippen LogP contribution in [0.3, 0.4) is 0 Å². The standard InChI is InChI=1S/C24H33NO4/c1-17(2)29-21-12-8-19(9-13-21)7-6-18(3)25-24(26)15-11-20-10-14-22(27-4)23(16-20)28-5/h8-10,12-14,16-18H,6-7,11,15H2,1-5H3,(H,25,26). The number of carbonyl (C=O) groups excluding carboxylic acids is 1. The number of ether oxygens (including phenoxy) is 3. The minimum atomic E-state index is 0.0629. The molecule has 0 spiro atoms. The highest BCUT2D eigenvalue weighted by Crippen LogP contribution is 2.28. The molecule has 5 heteroatoms. The summed E-state index contributed by atoms with van der Waals surface area (Å²) in [7, 11) is 3.22. The summed E-state index contributed by atoms with van der Waals surface area (Å²) in [5, 5.41) is 3.09. The molecule has 0 fully saturated rings. The van der Waals surface area contributed by atoms with Gasteiger partial charge in [-0.1, -0.05) is 18.2 Å². The Balaban J connectivity index is 1.74. The molecule has 2 aromatic rings. The average Bonchev–Trinajstić information content (AvgIpc) is 2.71. The number of rotatable bonds is 11. The van der Waals surface area contributed by atoms with E-state index < -0.39 is 0 Å². The number of carbonyl (C=O) groups is 1. The van der Waals surface area contributed by atoms with Gasteiger partial charge in [-0.25, -0.2) is 0 Å². The molecule has 0 saturated carbocycles. The number of nitrogens with one attached hydrogen (secondary N) is 1. The van der Waals surface area contributed by atoms with Gasteiger partial charge in [0.1, 0.15) is 5.75 Å². The highest BCUT2D eigenvalue weighted by atomic mass is 16.5. The molecule has 1 unspecified atom stereocenters. The molecule has 0 saturated heterocycles. The maximum Gasteiger partial charge on any atom is 0.220 e. The van der Waals surface area contributed by atoms with E-state index in [1.165, 1.54) is 5.56 Å². The molecule has 0 aliphatic rings. The summed E-state index contributed by atoms with van der Waals surface area (Å²) in [6, 6.07) is 14.1. The summed E-state index contributed by atoms with van der Waals surface area (Å²) >= 11 is 0. The van der Waals surface area contributed by atoms with Crippen molar-refractivity contribution in [2.45, 2.75) is 58.6 Å². The summed E-state index contributed by atoms with van der Waals surface area (Å²) in [6.07, 6.45) is 3.10. The first-order valence-electron chi connectivity index (χ1n) is 10.2. The van der Waals surface area contributed by atoms with E-state index in [0.717, 1.165) is 24.2 Å². The second-order valence-electron chi connectivity index (χ2n) is 7.51. The van der Waals surface area contributed by atoms with Crippen molar-refractivity contribution in [1.29, 1.82) is 0 Å². The Kier molecular flexibility index (Phi) is 8.84. The van der Waals surface area contributed by atoms with Gasteiger partial charge < -0.3 is 19.5 Å². The lowest BCUT2D eigenvalue weighted by Crippen LogP contribution is -2.33. The van der Waals surface area contributed by atoms with E-state index >= 15 is 0 Å². The molecule has 1 N–H and O–H groups in total. The Labute approximate surface area is 174 Å². The van der Waals surface area contributed by atoms with E-state index in [1.807, 2.05) is 51.1 Å². The van der Waals surface area contributed by atoms with Gasteiger partial charge in [-0.15, -0.1) is 0 Å². The van der Waals surface area contributed by atoms with E-state index in [2.05, 4.69) is 17.4 Å². The molecule has 2 aromatic carbocycles. The number of hydrogen-bond donors (Lipinski definition) is 1. The highest BCUT2D eigenvalue weighted by molar-refractivity contribution is 5.76. The molecule has 29 heavy (non-hydrogen) atoms. The quantitative estimate of drug-likeness (QED) is 0.602. The molecule has 0 aliphatic carbocycles. The van der Waals surface area contributed by atoms with Crippen LogP contribution in [0.2, 0.25) is 0 Å². The van der Waals surface area contributed by atoms with Crippen LogP contribution in [-0.2, 0) is 17.6 Å². The molecule has 0 bridgehead atoms. The van der Waals surface area contributed by atoms with Crippen LogP contribution in [0.15, 0.2) is 42.5 Å². The maximum atomic E-state index is 12.3. The third kappa shape index (κ3) is 7.68. The zero-order valence-electron chi connectivity index (χ0n) is 18.2. The normalized spacial score (nSPS) is 11.8. The number of aryl methyl sites for hydroxylation is 2. The van der Waals surface area contributed by atoms with Gasteiger partial charge in [-0.3, -0.25) is 4.79 Å². The lowest BCUT2D eigenvalue weighted by molar-refractivity contribution is -0.121. The molecule has 0 aromatic heterocycles. The fourth-order valence-corrected chi connectivity index (χ4v) is 3.10. The van der Waals surface area contributed by atoms with Gasteiger partial charge >= 0.3 is 0 Å². The molecule has 0 aliphatic heterocycles. The van der Waals surface area contributed by atoms with Crippen LogP contribution < -0.4 is 19.5 Å². The summed E-state index contributed by atoms with van der Waals surface area (Å²) in [5.41, 5.74) is 2.29. The Hall–Kier alpha value is -2.69.